The number of nitrogens with one attached hydrogen (secondary N) is 1. The van der Waals surface area contributed by atoms with Crippen molar-refractivity contribution in [3.05, 3.63) is 0 Å². The van der Waals surface area contributed by atoms with Gasteiger partial charge in [-0.2, -0.15) is 0 Å². The van der Waals surface area contributed by atoms with Crippen molar-refractivity contribution in [1.82, 2.24) is 5.32 Å². The molecule has 0 spiro atoms. The molecular formula is C11H25NO2Si. The van der Waals surface area contributed by atoms with Gasteiger partial charge in [0.1, 0.15) is 0 Å². The molecule has 4 heteroatoms. The molecule has 0 bridgehead atoms. The number of hydrogen-bond donors (Lipinski definition) is 1. The van der Waals surface area contributed by atoms with E-state index in [-0.39, 0.29) is 11.5 Å². The Labute approximate surface area is 95.3 Å². The van der Waals surface area contributed by atoms with Crippen molar-refractivity contribution in [3.8, 4) is 0 Å². The van der Waals surface area contributed by atoms with Crippen LogP contribution in [-0.4, -0.2) is 40.9 Å². The predicted molar refractivity (Wildman–Crippen MR) is 65.8 cm³/mol. The van der Waals surface area contributed by atoms with E-state index in [1.54, 1.807) is 0 Å². The summed E-state index contributed by atoms with van der Waals surface area (Å²) in [5, 5.41) is 3.50. The van der Waals surface area contributed by atoms with Crippen molar-refractivity contribution in [1.29, 1.82) is 0 Å². The summed E-state index contributed by atoms with van der Waals surface area (Å²) >= 11 is 0. The third-order valence-corrected chi connectivity index (χ3v) is 3.43. The molecule has 1 saturated heterocycles. The van der Waals surface area contributed by atoms with E-state index in [0.29, 0.717) is 6.04 Å². The van der Waals surface area contributed by atoms with Crippen molar-refractivity contribution in [2.75, 3.05) is 19.8 Å². The minimum atomic E-state index is -0.995. The second-order valence-electron chi connectivity index (χ2n) is 5.61. The maximum absolute atomic E-state index is 6.15. The van der Waals surface area contributed by atoms with E-state index < -0.39 is 9.04 Å². The summed E-state index contributed by atoms with van der Waals surface area (Å²) in [4.78, 5) is 0. The Morgan fingerprint density at radius 3 is 2.47 bits per heavy atom. The Hall–Kier alpha value is 0.0969. The molecule has 15 heavy (non-hydrogen) atoms. The van der Waals surface area contributed by atoms with Crippen molar-refractivity contribution < 1.29 is 9.16 Å². The first-order valence-electron chi connectivity index (χ1n) is 5.88. The van der Waals surface area contributed by atoms with E-state index in [1.165, 1.54) is 0 Å². The number of ether oxygens (including phenoxy) is 1. The lowest BCUT2D eigenvalue weighted by atomic mass is 9.84. The van der Waals surface area contributed by atoms with Gasteiger partial charge in [-0.05, 0) is 18.5 Å². The fourth-order valence-electron chi connectivity index (χ4n) is 1.98. The van der Waals surface area contributed by atoms with Gasteiger partial charge in [-0.25, -0.2) is 0 Å². The molecule has 1 N–H and O–H groups in total. The van der Waals surface area contributed by atoms with Gasteiger partial charge in [0, 0.05) is 6.54 Å². The lowest BCUT2D eigenvalue weighted by molar-refractivity contribution is -0.0149. The second-order valence-corrected chi connectivity index (χ2v) is 7.98. The summed E-state index contributed by atoms with van der Waals surface area (Å²) in [6, 6.07) is 0.355. The van der Waals surface area contributed by atoms with Gasteiger partial charge >= 0.3 is 0 Å². The molecule has 1 aliphatic heterocycles. The SMILES string of the molecule is C[SiH](C)OC([C@@H]1COCCN1)C(C)(C)C. The van der Waals surface area contributed by atoms with Crippen LogP contribution in [-0.2, 0) is 9.16 Å². The van der Waals surface area contributed by atoms with E-state index in [4.69, 9.17) is 9.16 Å². The highest BCUT2D eigenvalue weighted by molar-refractivity contribution is 6.48. The maximum Gasteiger partial charge on any atom is 0.171 e. The molecule has 1 unspecified atom stereocenters. The van der Waals surface area contributed by atoms with E-state index in [9.17, 15) is 0 Å². The minimum Gasteiger partial charge on any atom is -0.415 e. The Bertz CT molecular complexity index is 186. The van der Waals surface area contributed by atoms with Crippen LogP contribution in [0, 0.1) is 5.41 Å². The molecule has 1 heterocycles. The average Bonchev–Trinajstić information content (AvgIpc) is 2.14. The molecule has 2 atom stereocenters. The Balaban J connectivity index is 2.61. The maximum atomic E-state index is 6.15. The van der Waals surface area contributed by atoms with Crippen LogP contribution in [0.1, 0.15) is 20.8 Å². The topological polar surface area (TPSA) is 30.5 Å². The molecule has 0 aromatic rings. The highest BCUT2D eigenvalue weighted by atomic mass is 28.3. The first-order chi connectivity index (χ1) is 6.91. The molecule has 1 fully saturated rings. The largest absolute Gasteiger partial charge is 0.415 e. The van der Waals surface area contributed by atoms with E-state index >= 15 is 0 Å². The van der Waals surface area contributed by atoms with Gasteiger partial charge in [-0.3, -0.25) is 0 Å². The van der Waals surface area contributed by atoms with Crippen molar-refractivity contribution in [2.24, 2.45) is 5.41 Å². The number of hydrogen-bond acceptors (Lipinski definition) is 3. The fourth-order valence-corrected chi connectivity index (χ4v) is 3.16. The van der Waals surface area contributed by atoms with Crippen LogP contribution in [0.25, 0.3) is 0 Å². The highest BCUT2D eigenvalue weighted by Crippen LogP contribution is 2.26. The molecule has 1 aliphatic rings. The van der Waals surface area contributed by atoms with Gasteiger partial charge in [-0.15, -0.1) is 0 Å². The van der Waals surface area contributed by atoms with Crippen LogP contribution >= 0.6 is 0 Å². The minimum absolute atomic E-state index is 0.176. The number of morpholine rings is 1. The van der Waals surface area contributed by atoms with Crippen LogP contribution in [0.2, 0.25) is 13.1 Å². The summed E-state index contributed by atoms with van der Waals surface area (Å²) in [6.07, 6.45) is 0.268. The monoisotopic (exact) mass is 231 g/mol. The van der Waals surface area contributed by atoms with Crippen LogP contribution in [0.15, 0.2) is 0 Å². The zero-order chi connectivity index (χ0) is 11.5. The van der Waals surface area contributed by atoms with Gasteiger partial charge in [0.2, 0.25) is 0 Å². The molecule has 1 rings (SSSR count). The van der Waals surface area contributed by atoms with Gasteiger partial charge in [0.15, 0.2) is 9.04 Å². The lowest BCUT2D eigenvalue weighted by Gasteiger charge is -2.40. The van der Waals surface area contributed by atoms with Gasteiger partial charge in [0.25, 0.3) is 0 Å². The fraction of sp³-hybridized carbons (Fsp3) is 1.00. The van der Waals surface area contributed by atoms with Gasteiger partial charge in [0.05, 0.1) is 25.4 Å². The highest BCUT2D eigenvalue weighted by Gasteiger charge is 2.34. The summed E-state index contributed by atoms with van der Waals surface area (Å²) in [5.41, 5.74) is 0.176. The molecular weight excluding hydrogens is 206 g/mol. The van der Waals surface area contributed by atoms with E-state index in [2.05, 4.69) is 39.2 Å². The Kier molecular flexibility index (Phi) is 4.77. The van der Waals surface area contributed by atoms with E-state index in [0.717, 1.165) is 19.8 Å². The lowest BCUT2D eigenvalue weighted by Crippen LogP contribution is -2.55. The molecule has 90 valence electrons. The Morgan fingerprint density at radius 1 is 1.40 bits per heavy atom. The third-order valence-electron chi connectivity index (χ3n) is 2.59. The first kappa shape index (κ1) is 13.2. The second kappa shape index (κ2) is 5.43. The van der Waals surface area contributed by atoms with Crippen molar-refractivity contribution in [2.45, 2.75) is 46.0 Å². The predicted octanol–water partition coefficient (Wildman–Crippen LogP) is 1.39. The van der Waals surface area contributed by atoms with Gasteiger partial charge in [-0.1, -0.05) is 20.8 Å². The van der Waals surface area contributed by atoms with Crippen LogP contribution in [0.4, 0.5) is 0 Å². The normalized spacial score (nSPS) is 25.6. The van der Waals surface area contributed by atoms with Crippen molar-refractivity contribution >= 4 is 9.04 Å². The van der Waals surface area contributed by atoms with Crippen LogP contribution in [0.5, 0.6) is 0 Å². The summed E-state index contributed by atoms with van der Waals surface area (Å²) < 4.78 is 11.7. The Morgan fingerprint density at radius 2 is 2.07 bits per heavy atom. The van der Waals surface area contributed by atoms with Crippen molar-refractivity contribution in [3.63, 3.8) is 0 Å². The molecule has 0 aromatic carbocycles. The average molecular weight is 231 g/mol. The molecule has 0 aliphatic carbocycles. The van der Waals surface area contributed by atoms with E-state index in [1.807, 2.05) is 0 Å². The number of rotatable bonds is 3. The third kappa shape index (κ3) is 4.22. The zero-order valence-electron chi connectivity index (χ0n) is 10.7. The summed E-state index contributed by atoms with van der Waals surface area (Å²) in [6.45, 7) is 13.7. The molecule has 0 amide bonds. The van der Waals surface area contributed by atoms with Crippen LogP contribution < -0.4 is 5.32 Å². The zero-order valence-corrected chi connectivity index (χ0v) is 11.8. The smallest absolute Gasteiger partial charge is 0.171 e. The standard InChI is InChI=1S/C11H25NO2Si/c1-11(2,3)10(14-15(4)5)9-8-13-7-6-12-9/h9-10,12,15H,6-8H2,1-5H3/t9-,10?/m0/s1. The molecule has 0 radical (unpaired) electrons. The van der Waals surface area contributed by atoms with Crippen LogP contribution in [0.3, 0.4) is 0 Å². The molecule has 3 nitrogen and oxygen atoms in total. The molecule has 0 saturated carbocycles. The molecule has 0 aromatic heterocycles. The quantitative estimate of drug-likeness (QED) is 0.745. The van der Waals surface area contributed by atoms with Gasteiger partial charge < -0.3 is 14.5 Å². The first-order valence-corrected chi connectivity index (χ1v) is 8.66. The summed E-state index contributed by atoms with van der Waals surface area (Å²) in [7, 11) is -0.995. The summed E-state index contributed by atoms with van der Waals surface area (Å²) in [5.74, 6) is 0.